The van der Waals surface area contributed by atoms with E-state index in [9.17, 15) is 0 Å². The highest BCUT2D eigenvalue weighted by atomic mass is 15.1. The van der Waals surface area contributed by atoms with Gasteiger partial charge >= 0.3 is 0 Å². The van der Waals surface area contributed by atoms with Crippen molar-refractivity contribution in [1.29, 1.82) is 0 Å². The van der Waals surface area contributed by atoms with Crippen molar-refractivity contribution < 1.29 is 0 Å². The van der Waals surface area contributed by atoms with Gasteiger partial charge in [-0.15, -0.1) is 0 Å². The van der Waals surface area contributed by atoms with Crippen LogP contribution >= 0.6 is 0 Å². The van der Waals surface area contributed by atoms with Crippen molar-refractivity contribution in [1.82, 2.24) is 4.90 Å². The summed E-state index contributed by atoms with van der Waals surface area (Å²) in [5, 5.41) is 0. The molecule has 2 unspecified atom stereocenters. The van der Waals surface area contributed by atoms with E-state index in [0.29, 0.717) is 0 Å². The summed E-state index contributed by atoms with van der Waals surface area (Å²) in [5.74, 6) is 1.47. The molecule has 0 aliphatic carbocycles. The molecule has 1 aliphatic heterocycles. The number of hydrogen-bond acceptors (Lipinski definition) is 2. The molecule has 1 aliphatic rings. The van der Waals surface area contributed by atoms with Gasteiger partial charge in [0.25, 0.3) is 0 Å². The molecule has 0 radical (unpaired) electrons. The number of nitrogens with zero attached hydrogens (tertiary/aromatic N) is 1. The van der Waals surface area contributed by atoms with Gasteiger partial charge in [0.05, 0.1) is 0 Å². The summed E-state index contributed by atoms with van der Waals surface area (Å²) < 4.78 is 0. The second-order valence-electron chi connectivity index (χ2n) is 4.98. The lowest BCUT2D eigenvalue weighted by Crippen LogP contribution is -2.41. The van der Waals surface area contributed by atoms with E-state index < -0.39 is 0 Å². The molecule has 1 fully saturated rings. The Morgan fingerprint density at radius 3 is 2.69 bits per heavy atom. The van der Waals surface area contributed by atoms with Gasteiger partial charge in [-0.3, -0.25) is 4.90 Å². The van der Waals surface area contributed by atoms with Crippen molar-refractivity contribution in [2.24, 2.45) is 17.6 Å². The van der Waals surface area contributed by atoms with Crippen molar-refractivity contribution in [3.05, 3.63) is 35.9 Å². The summed E-state index contributed by atoms with van der Waals surface area (Å²) in [6.07, 6.45) is 1.25. The van der Waals surface area contributed by atoms with E-state index in [0.717, 1.165) is 24.9 Å². The molecule has 1 aromatic carbocycles. The molecule has 0 spiro atoms. The van der Waals surface area contributed by atoms with Gasteiger partial charge in [0.1, 0.15) is 0 Å². The van der Waals surface area contributed by atoms with Gasteiger partial charge in [0.15, 0.2) is 0 Å². The first-order valence-electron chi connectivity index (χ1n) is 6.26. The molecule has 1 heterocycles. The van der Waals surface area contributed by atoms with Gasteiger partial charge in [-0.2, -0.15) is 0 Å². The maximum atomic E-state index is 5.77. The molecule has 0 saturated carbocycles. The standard InChI is InChI=1S/C14H22N2/c1-12-10-16(8-7-14(12)9-15)11-13-5-3-2-4-6-13/h2-6,12,14H,7-11,15H2,1H3. The topological polar surface area (TPSA) is 29.3 Å². The zero-order valence-electron chi connectivity index (χ0n) is 10.1. The fourth-order valence-corrected chi connectivity index (χ4v) is 2.62. The Morgan fingerprint density at radius 1 is 1.31 bits per heavy atom. The summed E-state index contributed by atoms with van der Waals surface area (Å²) in [6, 6.07) is 10.7. The molecular weight excluding hydrogens is 196 g/mol. The van der Waals surface area contributed by atoms with Gasteiger partial charge in [-0.1, -0.05) is 37.3 Å². The van der Waals surface area contributed by atoms with Crippen molar-refractivity contribution in [2.45, 2.75) is 19.9 Å². The third-order valence-corrected chi connectivity index (χ3v) is 3.72. The fourth-order valence-electron chi connectivity index (χ4n) is 2.62. The minimum Gasteiger partial charge on any atom is -0.330 e. The van der Waals surface area contributed by atoms with Crippen molar-refractivity contribution >= 4 is 0 Å². The van der Waals surface area contributed by atoms with Crippen LogP contribution in [0.4, 0.5) is 0 Å². The number of nitrogens with two attached hydrogens (primary N) is 1. The molecule has 0 amide bonds. The molecule has 2 atom stereocenters. The van der Waals surface area contributed by atoms with Crippen LogP contribution in [0, 0.1) is 11.8 Å². The fraction of sp³-hybridized carbons (Fsp3) is 0.571. The zero-order valence-corrected chi connectivity index (χ0v) is 10.1. The van der Waals surface area contributed by atoms with Crippen LogP contribution in [-0.2, 0) is 6.54 Å². The maximum Gasteiger partial charge on any atom is 0.0233 e. The van der Waals surface area contributed by atoms with E-state index >= 15 is 0 Å². The Hall–Kier alpha value is -0.860. The largest absolute Gasteiger partial charge is 0.330 e. The zero-order chi connectivity index (χ0) is 11.4. The lowest BCUT2D eigenvalue weighted by molar-refractivity contribution is 0.127. The Balaban J connectivity index is 1.89. The van der Waals surface area contributed by atoms with Crippen LogP contribution in [0.1, 0.15) is 18.9 Å². The Morgan fingerprint density at radius 2 is 2.06 bits per heavy atom. The first kappa shape index (κ1) is 11.6. The van der Waals surface area contributed by atoms with Crippen LogP contribution in [0.5, 0.6) is 0 Å². The lowest BCUT2D eigenvalue weighted by atomic mass is 9.87. The van der Waals surface area contributed by atoms with E-state index in [1.807, 2.05) is 0 Å². The minimum absolute atomic E-state index is 0.729. The van der Waals surface area contributed by atoms with Crippen LogP contribution in [0.15, 0.2) is 30.3 Å². The van der Waals surface area contributed by atoms with E-state index in [-0.39, 0.29) is 0 Å². The molecule has 1 saturated heterocycles. The molecule has 0 bridgehead atoms. The molecule has 16 heavy (non-hydrogen) atoms. The van der Waals surface area contributed by atoms with Gasteiger partial charge in [-0.25, -0.2) is 0 Å². The van der Waals surface area contributed by atoms with Gasteiger partial charge < -0.3 is 5.73 Å². The Bertz CT molecular complexity index is 310. The first-order valence-corrected chi connectivity index (χ1v) is 6.26. The maximum absolute atomic E-state index is 5.77. The first-order chi connectivity index (χ1) is 7.79. The highest BCUT2D eigenvalue weighted by Gasteiger charge is 2.24. The number of hydrogen-bond donors (Lipinski definition) is 1. The summed E-state index contributed by atoms with van der Waals surface area (Å²) in [7, 11) is 0. The van der Waals surface area contributed by atoms with E-state index in [1.165, 1.54) is 25.1 Å². The summed E-state index contributed by atoms with van der Waals surface area (Å²) in [4.78, 5) is 2.55. The van der Waals surface area contributed by atoms with Crippen LogP contribution in [0.3, 0.4) is 0 Å². The molecule has 88 valence electrons. The van der Waals surface area contributed by atoms with Crippen LogP contribution in [0.25, 0.3) is 0 Å². The average Bonchev–Trinajstić information content (AvgIpc) is 2.31. The van der Waals surface area contributed by atoms with Gasteiger partial charge in [0, 0.05) is 13.1 Å². The molecule has 2 nitrogen and oxygen atoms in total. The summed E-state index contributed by atoms with van der Waals surface area (Å²) >= 11 is 0. The number of rotatable bonds is 3. The van der Waals surface area contributed by atoms with E-state index in [1.54, 1.807) is 0 Å². The smallest absolute Gasteiger partial charge is 0.0233 e. The third kappa shape index (κ3) is 2.83. The van der Waals surface area contributed by atoms with E-state index in [4.69, 9.17) is 5.73 Å². The molecule has 2 rings (SSSR count). The van der Waals surface area contributed by atoms with Gasteiger partial charge in [-0.05, 0) is 36.9 Å². The number of likely N-dealkylation sites (tertiary alicyclic amines) is 1. The minimum atomic E-state index is 0.729. The van der Waals surface area contributed by atoms with Crippen molar-refractivity contribution in [2.75, 3.05) is 19.6 Å². The molecule has 2 heteroatoms. The van der Waals surface area contributed by atoms with Crippen molar-refractivity contribution in [3.63, 3.8) is 0 Å². The quantitative estimate of drug-likeness (QED) is 0.842. The second-order valence-corrected chi connectivity index (χ2v) is 4.98. The highest BCUT2D eigenvalue weighted by molar-refractivity contribution is 5.14. The highest BCUT2D eigenvalue weighted by Crippen LogP contribution is 2.23. The van der Waals surface area contributed by atoms with Gasteiger partial charge in [0.2, 0.25) is 0 Å². The molecular formula is C14H22N2. The average molecular weight is 218 g/mol. The SMILES string of the molecule is CC1CN(Cc2ccccc2)CCC1CN. The third-order valence-electron chi connectivity index (χ3n) is 3.72. The molecule has 2 N–H and O–H groups in total. The summed E-state index contributed by atoms with van der Waals surface area (Å²) in [6.45, 7) is 6.65. The lowest BCUT2D eigenvalue weighted by Gasteiger charge is -2.36. The normalized spacial score (nSPS) is 26.9. The van der Waals surface area contributed by atoms with Crippen LogP contribution in [0.2, 0.25) is 0 Å². The summed E-state index contributed by atoms with van der Waals surface area (Å²) in [5.41, 5.74) is 7.19. The number of benzene rings is 1. The molecule has 0 aromatic heterocycles. The second kappa shape index (κ2) is 5.46. The predicted molar refractivity (Wildman–Crippen MR) is 68.0 cm³/mol. The van der Waals surface area contributed by atoms with E-state index in [2.05, 4.69) is 42.2 Å². The predicted octanol–water partition coefficient (Wildman–Crippen LogP) is 2.10. The van der Waals surface area contributed by atoms with Crippen LogP contribution < -0.4 is 5.73 Å². The monoisotopic (exact) mass is 218 g/mol. The molecule has 1 aromatic rings. The van der Waals surface area contributed by atoms with Crippen molar-refractivity contribution in [3.8, 4) is 0 Å². The Kier molecular flexibility index (Phi) is 3.97. The Labute approximate surface area is 98.4 Å². The number of piperidine rings is 1. The van der Waals surface area contributed by atoms with Crippen LogP contribution in [-0.4, -0.2) is 24.5 Å².